The van der Waals surface area contributed by atoms with E-state index < -0.39 is 11.6 Å². The highest BCUT2D eigenvalue weighted by atomic mass is 35.5. The van der Waals surface area contributed by atoms with Crippen molar-refractivity contribution in [1.29, 1.82) is 0 Å². The molecular formula is C23H28Cl2N2O3. The molecule has 1 atom stereocenters. The van der Waals surface area contributed by atoms with Crippen LogP contribution in [0.4, 0.5) is 0 Å². The van der Waals surface area contributed by atoms with Gasteiger partial charge in [0.15, 0.2) is 6.61 Å². The molecule has 0 saturated carbocycles. The zero-order valence-electron chi connectivity index (χ0n) is 18.0. The van der Waals surface area contributed by atoms with E-state index in [2.05, 4.69) is 5.32 Å². The average Bonchev–Trinajstić information content (AvgIpc) is 2.63. The van der Waals surface area contributed by atoms with Gasteiger partial charge in [0.1, 0.15) is 11.8 Å². The molecule has 2 rings (SSSR count). The van der Waals surface area contributed by atoms with Crippen molar-refractivity contribution in [3.63, 3.8) is 0 Å². The van der Waals surface area contributed by atoms with Crippen LogP contribution < -0.4 is 10.1 Å². The maximum Gasteiger partial charge on any atom is 0.261 e. The van der Waals surface area contributed by atoms with Gasteiger partial charge in [0.05, 0.1) is 5.02 Å². The topological polar surface area (TPSA) is 58.6 Å². The molecule has 0 radical (unpaired) electrons. The van der Waals surface area contributed by atoms with Crippen molar-refractivity contribution in [3.05, 3.63) is 63.6 Å². The lowest BCUT2D eigenvalue weighted by atomic mass is 10.1. The Morgan fingerprint density at radius 2 is 1.83 bits per heavy atom. The summed E-state index contributed by atoms with van der Waals surface area (Å²) in [4.78, 5) is 27.3. The van der Waals surface area contributed by atoms with Crippen molar-refractivity contribution < 1.29 is 14.3 Å². The number of halogens is 2. The summed E-state index contributed by atoms with van der Waals surface area (Å²) in [5, 5.41) is 3.73. The quantitative estimate of drug-likeness (QED) is 0.644. The number of rotatable bonds is 7. The van der Waals surface area contributed by atoms with Crippen LogP contribution in [-0.4, -0.2) is 34.9 Å². The fourth-order valence-corrected chi connectivity index (χ4v) is 3.34. The Labute approximate surface area is 188 Å². The third kappa shape index (κ3) is 7.22. The van der Waals surface area contributed by atoms with Crippen molar-refractivity contribution in [2.75, 3.05) is 6.61 Å². The molecule has 30 heavy (non-hydrogen) atoms. The van der Waals surface area contributed by atoms with Crippen molar-refractivity contribution in [2.24, 2.45) is 0 Å². The minimum absolute atomic E-state index is 0.229. The molecule has 0 bridgehead atoms. The molecule has 0 heterocycles. The molecule has 0 fully saturated rings. The predicted octanol–water partition coefficient (Wildman–Crippen LogP) is 5.01. The Morgan fingerprint density at radius 3 is 2.43 bits per heavy atom. The second kappa shape index (κ2) is 10.2. The minimum Gasteiger partial charge on any atom is -0.482 e. The molecular weight excluding hydrogens is 423 g/mol. The van der Waals surface area contributed by atoms with Crippen LogP contribution in [0.2, 0.25) is 10.0 Å². The summed E-state index contributed by atoms with van der Waals surface area (Å²) in [5.74, 6) is -0.191. The number of amides is 2. The molecule has 162 valence electrons. The van der Waals surface area contributed by atoms with Gasteiger partial charge in [-0.3, -0.25) is 9.59 Å². The highest BCUT2D eigenvalue weighted by Gasteiger charge is 2.28. The normalized spacial score (nSPS) is 12.2. The molecule has 0 aliphatic carbocycles. The van der Waals surface area contributed by atoms with Gasteiger partial charge in [0, 0.05) is 17.1 Å². The Balaban J connectivity index is 2.20. The lowest BCUT2D eigenvalue weighted by Gasteiger charge is -2.31. The van der Waals surface area contributed by atoms with E-state index in [9.17, 15) is 9.59 Å². The fraction of sp³-hybridized carbons (Fsp3) is 0.391. The molecule has 0 aliphatic heterocycles. The van der Waals surface area contributed by atoms with Gasteiger partial charge in [-0.25, -0.2) is 0 Å². The highest BCUT2D eigenvalue weighted by Crippen LogP contribution is 2.27. The van der Waals surface area contributed by atoms with E-state index in [4.69, 9.17) is 27.9 Å². The smallest absolute Gasteiger partial charge is 0.261 e. The summed E-state index contributed by atoms with van der Waals surface area (Å²) in [6.45, 7) is 9.43. The van der Waals surface area contributed by atoms with E-state index in [0.717, 1.165) is 11.1 Å². The van der Waals surface area contributed by atoms with Gasteiger partial charge in [0.2, 0.25) is 5.91 Å². The molecule has 7 heteroatoms. The van der Waals surface area contributed by atoms with Crippen LogP contribution in [0.15, 0.2) is 42.5 Å². The maximum atomic E-state index is 13.0. The van der Waals surface area contributed by atoms with Crippen LogP contribution in [0.3, 0.4) is 0 Å². The van der Waals surface area contributed by atoms with Gasteiger partial charge < -0.3 is 15.0 Å². The van der Waals surface area contributed by atoms with E-state index in [1.54, 1.807) is 25.1 Å². The second-order valence-electron chi connectivity index (χ2n) is 8.29. The lowest BCUT2D eigenvalue weighted by molar-refractivity contribution is -0.142. The summed E-state index contributed by atoms with van der Waals surface area (Å²) in [5.41, 5.74) is 1.61. The summed E-state index contributed by atoms with van der Waals surface area (Å²) in [6.07, 6.45) is 0. The monoisotopic (exact) mass is 450 g/mol. The first kappa shape index (κ1) is 24.0. The molecule has 2 aromatic rings. The van der Waals surface area contributed by atoms with Crippen molar-refractivity contribution in [1.82, 2.24) is 10.2 Å². The van der Waals surface area contributed by atoms with Gasteiger partial charge >= 0.3 is 0 Å². The molecule has 1 unspecified atom stereocenters. The number of carbonyl (C=O) groups excluding carboxylic acids is 2. The van der Waals surface area contributed by atoms with Crippen molar-refractivity contribution >= 4 is 35.0 Å². The summed E-state index contributed by atoms with van der Waals surface area (Å²) < 4.78 is 5.61. The van der Waals surface area contributed by atoms with Gasteiger partial charge in [-0.15, -0.1) is 0 Å². The molecule has 1 N–H and O–H groups in total. The molecule has 0 saturated heterocycles. The molecule has 2 amide bonds. The number of benzene rings is 2. The second-order valence-corrected chi connectivity index (χ2v) is 9.13. The fourth-order valence-electron chi connectivity index (χ4n) is 2.88. The molecule has 0 aliphatic rings. The van der Waals surface area contributed by atoms with E-state index in [-0.39, 0.29) is 25.0 Å². The Bertz CT molecular complexity index is 910. The summed E-state index contributed by atoms with van der Waals surface area (Å²) in [7, 11) is 0. The molecule has 0 aromatic heterocycles. The number of ether oxygens (including phenoxy) is 1. The molecule has 5 nitrogen and oxygen atoms in total. The number of nitrogens with one attached hydrogen (secondary N) is 1. The van der Waals surface area contributed by atoms with E-state index in [1.165, 1.54) is 4.90 Å². The number of aryl methyl sites for hydroxylation is 1. The number of hydrogen-bond acceptors (Lipinski definition) is 3. The number of hydrogen-bond donors (Lipinski definition) is 1. The third-order valence-electron chi connectivity index (χ3n) is 4.35. The summed E-state index contributed by atoms with van der Waals surface area (Å²) >= 11 is 12.0. The van der Waals surface area contributed by atoms with Crippen molar-refractivity contribution in [3.8, 4) is 5.75 Å². The summed E-state index contributed by atoms with van der Waals surface area (Å²) in [6, 6.07) is 11.9. The first-order valence-corrected chi connectivity index (χ1v) is 10.5. The van der Waals surface area contributed by atoms with Crippen LogP contribution in [0.5, 0.6) is 5.75 Å². The zero-order chi connectivity index (χ0) is 22.5. The Hall–Kier alpha value is -2.24. The van der Waals surface area contributed by atoms with Gasteiger partial charge in [-0.05, 0) is 58.4 Å². The highest BCUT2D eigenvalue weighted by molar-refractivity contribution is 6.35. The Morgan fingerprint density at radius 1 is 1.13 bits per heavy atom. The van der Waals surface area contributed by atoms with E-state index in [1.807, 2.05) is 52.0 Å². The predicted molar refractivity (Wildman–Crippen MR) is 121 cm³/mol. The Kier molecular flexibility index (Phi) is 8.16. The maximum absolute atomic E-state index is 13.0. The van der Waals surface area contributed by atoms with Crippen LogP contribution in [0, 0.1) is 6.92 Å². The SMILES string of the molecule is Cc1cccc(CN(C(=O)COc2ccc(Cl)cc2Cl)C(C)C(=O)NC(C)(C)C)c1. The largest absolute Gasteiger partial charge is 0.482 e. The third-order valence-corrected chi connectivity index (χ3v) is 4.88. The first-order valence-electron chi connectivity index (χ1n) is 9.71. The standard InChI is InChI=1S/C23H28Cl2N2O3/c1-15-7-6-8-17(11-15)13-27(16(2)22(29)26-23(3,4)5)21(28)14-30-20-10-9-18(24)12-19(20)25/h6-12,16H,13-14H2,1-5H3,(H,26,29). The van der Waals surface area contributed by atoms with Crippen LogP contribution in [0.25, 0.3) is 0 Å². The van der Waals surface area contributed by atoms with E-state index >= 15 is 0 Å². The average molecular weight is 451 g/mol. The number of carbonyl (C=O) groups is 2. The van der Waals surface area contributed by atoms with Gasteiger partial charge in [0.25, 0.3) is 5.91 Å². The molecule has 0 spiro atoms. The van der Waals surface area contributed by atoms with Crippen LogP contribution in [0.1, 0.15) is 38.8 Å². The van der Waals surface area contributed by atoms with Crippen LogP contribution >= 0.6 is 23.2 Å². The molecule has 2 aromatic carbocycles. The van der Waals surface area contributed by atoms with E-state index in [0.29, 0.717) is 15.8 Å². The van der Waals surface area contributed by atoms with Crippen LogP contribution in [-0.2, 0) is 16.1 Å². The number of nitrogens with zero attached hydrogens (tertiary/aromatic N) is 1. The zero-order valence-corrected chi connectivity index (χ0v) is 19.5. The van der Waals surface area contributed by atoms with Gasteiger partial charge in [-0.2, -0.15) is 0 Å². The lowest BCUT2D eigenvalue weighted by Crippen LogP contribution is -2.53. The first-order chi connectivity index (χ1) is 14.0. The van der Waals surface area contributed by atoms with Gasteiger partial charge in [-0.1, -0.05) is 53.0 Å². The van der Waals surface area contributed by atoms with Crippen molar-refractivity contribution in [2.45, 2.75) is 52.7 Å². The minimum atomic E-state index is -0.679.